The highest BCUT2D eigenvalue weighted by Gasteiger charge is 2.57. The van der Waals surface area contributed by atoms with E-state index in [0.29, 0.717) is 43.4 Å². The Hall–Kier alpha value is -2.85. The zero-order chi connectivity index (χ0) is 44.5. The fourth-order valence-corrected chi connectivity index (χ4v) is 9.79. The summed E-state index contributed by atoms with van der Waals surface area (Å²) in [4.78, 5) is 57.9. The van der Waals surface area contributed by atoms with Crippen molar-refractivity contribution in [2.24, 2.45) is 29.6 Å². The summed E-state index contributed by atoms with van der Waals surface area (Å²) in [5.74, 6) is -8.88. The van der Waals surface area contributed by atoms with E-state index in [9.17, 15) is 29.4 Å². The van der Waals surface area contributed by atoms with E-state index < -0.39 is 89.9 Å². The number of aliphatic hydroxyl groups is 2. The van der Waals surface area contributed by atoms with Crippen LogP contribution in [0.25, 0.3) is 0 Å². The molecule has 15 unspecified atom stereocenters. The molecule has 3 aliphatic heterocycles. The Bertz CT molecular complexity index is 1560. The molecule has 0 aromatic rings. The molecule has 3 heterocycles. The van der Waals surface area contributed by atoms with Gasteiger partial charge in [0.25, 0.3) is 11.7 Å². The minimum absolute atomic E-state index is 0.0583. The predicted molar refractivity (Wildman–Crippen MR) is 224 cm³/mol. The summed E-state index contributed by atoms with van der Waals surface area (Å²) in [5.41, 5.74) is 1.01. The second kappa shape index (κ2) is 22.5. The van der Waals surface area contributed by atoms with Gasteiger partial charge in [-0.3, -0.25) is 14.4 Å². The molecule has 0 spiro atoms. The molecule has 2 saturated heterocycles. The lowest BCUT2D eigenvalue weighted by molar-refractivity contribution is -0.302. The maximum atomic E-state index is 16.3. The highest BCUT2D eigenvalue weighted by molar-refractivity contribution is 6.39. The third-order valence-electron chi connectivity index (χ3n) is 13.7. The summed E-state index contributed by atoms with van der Waals surface area (Å²) < 4.78 is 46.2. The molecule has 4 aliphatic rings. The standard InChI is InChI=1S/C46H73FN2O11/c1-11-18-48-33-17-16-31(24-37(33)56-8)20-28(5)41-30(7)35(50)25-36(51)32(12-2)21-26(3)40(47)27(4)22-38(57-9)42-39(58-10)23-29(6)46(55,60-42)43(52)44(53)49-19-14-13-15-34(49)45(54)59-41/h11,20-21,27,29-35,37-42,48,50,55H,1,12-19,22-25H2,2-10H3. The summed E-state index contributed by atoms with van der Waals surface area (Å²) >= 11 is 0. The van der Waals surface area contributed by atoms with Crippen LogP contribution in [0.1, 0.15) is 106 Å². The minimum atomic E-state index is -2.60. The number of ether oxygens (including phenoxy) is 5. The number of esters is 1. The van der Waals surface area contributed by atoms with E-state index in [1.807, 2.05) is 26.0 Å². The lowest BCUT2D eigenvalue weighted by Crippen LogP contribution is -2.64. The van der Waals surface area contributed by atoms with Crippen molar-refractivity contribution in [1.29, 1.82) is 0 Å². The maximum absolute atomic E-state index is 16.3. The maximum Gasteiger partial charge on any atom is 0.329 e. The molecule has 4 rings (SSSR count). The molecule has 0 aromatic carbocycles. The number of rotatable bonds is 9. The number of cyclic esters (lactones) is 1. The lowest BCUT2D eigenvalue weighted by Gasteiger charge is -2.47. The van der Waals surface area contributed by atoms with E-state index in [4.69, 9.17) is 23.7 Å². The van der Waals surface area contributed by atoms with Gasteiger partial charge in [-0.05, 0) is 94.6 Å². The van der Waals surface area contributed by atoms with Gasteiger partial charge in [-0.15, -0.1) is 6.58 Å². The molecule has 1 amide bonds. The number of halogens is 1. The van der Waals surface area contributed by atoms with Crippen molar-refractivity contribution in [2.45, 2.75) is 166 Å². The van der Waals surface area contributed by atoms with E-state index in [0.717, 1.165) is 17.7 Å². The van der Waals surface area contributed by atoms with Crippen LogP contribution in [-0.2, 0) is 42.9 Å². The molecule has 1 aliphatic carbocycles. The Morgan fingerprint density at radius 1 is 1.02 bits per heavy atom. The number of amides is 1. The van der Waals surface area contributed by atoms with Crippen LogP contribution in [-0.4, -0.2) is 134 Å². The number of hydrogen-bond donors (Lipinski definition) is 3. The number of nitrogens with zero attached hydrogens (tertiary/aromatic N) is 1. The smallest absolute Gasteiger partial charge is 0.329 e. The van der Waals surface area contributed by atoms with Gasteiger partial charge < -0.3 is 44.1 Å². The highest BCUT2D eigenvalue weighted by Crippen LogP contribution is 2.39. The van der Waals surface area contributed by atoms with Gasteiger partial charge in [0.05, 0.1) is 24.4 Å². The summed E-state index contributed by atoms with van der Waals surface area (Å²) in [7, 11) is 4.57. The number of aliphatic hydroxyl groups excluding tert-OH is 1. The zero-order valence-electron chi connectivity index (χ0n) is 37.4. The van der Waals surface area contributed by atoms with Gasteiger partial charge in [0.15, 0.2) is 0 Å². The molecule has 2 bridgehead atoms. The second-order valence-corrected chi connectivity index (χ2v) is 17.9. The summed E-state index contributed by atoms with van der Waals surface area (Å²) in [6.07, 6.45) is 3.08. The number of carbonyl (C=O) groups excluding carboxylic acids is 4. The number of fused-ring (bicyclic) bond motifs is 3. The van der Waals surface area contributed by atoms with Crippen molar-refractivity contribution >= 4 is 23.4 Å². The first-order valence-electron chi connectivity index (χ1n) is 22.1. The number of hydrogen-bond acceptors (Lipinski definition) is 12. The lowest BCUT2D eigenvalue weighted by atomic mass is 9.80. The molecule has 13 nitrogen and oxygen atoms in total. The minimum Gasteiger partial charge on any atom is -0.456 e. The summed E-state index contributed by atoms with van der Waals surface area (Å²) in [6.45, 7) is 14.8. The molecule has 3 fully saturated rings. The van der Waals surface area contributed by atoms with Crippen molar-refractivity contribution in [2.75, 3.05) is 34.4 Å². The zero-order valence-corrected chi connectivity index (χ0v) is 37.4. The largest absolute Gasteiger partial charge is 0.456 e. The van der Waals surface area contributed by atoms with E-state index in [1.54, 1.807) is 40.9 Å². The molecular weight excluding hydrogens is 776 g/mol. The molecule has 3 N–H and O–H groups in total. The quantitative estimate of drug-likeness (QED) is 0.158. The average Bonchev–Trinajstić information content (AvgIpc) is 3.24. The molecule has 1 saturated carbocycles. The molecule has 14 heteroatoms. The van der Waals surface area contributed by atoms with Crippen molar-refractivity contribution in [3.63, 3.8) is 0 Å². The average molecular weight is 849 g/mol. The van der Waals surface area contributed by atoms with E-state index in [-0.39, 0.29) is 56.1 Å². The van der Waals surface area contributed by atoms with Crippen molar-refractivity contribution < 1.29 is 57.5 Å². The Morgan fingerprint density at radius 3 is 2.32 bits per heavy atom. The first-order valence-corrected chi connectivity index (χ1v) is 22.1. The SMILES string of the molecule is C=CCNC1CCC(C=C(C)C2OC(=O)C3CCCCN3C(=O)C(=O)C3(O)OC(C(OC)CC(C)C(F)C(C)=CC(CC)C(=O)CC(O)C2C)C(OC)CC3C)CC1OC. The topological polar surface area (TPSA) is 170 Å². The fourth-order valence-electron chi connectivity index (χ4n) is 9.79. The molecule has 15 atom stereocenters. The first-order chi connectivity index (χ1) is 28.4. The van der Waals surface area contributed by atoms with Gasteiger partial charge >= 0.3 is 5.97 Å². The van der Waals surface area contributed by atoms with E-state index >= 15 is 4.39 Å². The monoisotopic (exact) mass is 849 g/mol. The van der Waals surface area contributed by atoms with Gasteiger partial charge in [-0.1, -0.05) is 45.9 Å². The third-order valence-corrected chi connectivity index (χ3v) is 13.7. The van der Waals surface area contributed by atoms with Crippen molar-refractivity contribution in [3.05, 3.63) is 36.0 Å². The number of allylic oxidation sites excluding steroid dienone is 3. The van der Waals surface area contributed by atoms with Crippen LogP contribution >= 0.6 is 0 Å². The van der Waals surface area contributed by atoms with Crippen LogP contribution in [0.5, 0.6) is 0 Å². The van der Waals surface area contributed by atoms with Crippen LogP contribution in [0.3, 0.4) is 0 Å². The molecule has 60 heavy (non-hydrogen) atoms. The number of methoxy groups -OCH3 is 3. The Labute approximate surface area is 356 Å². The van der Waals surface area contributed by atoms with Gasteiger partial charge in [0.1, 0.15) is 30.2 Å². The van der Waals surface area contributed by atoms with Crippen LogP contribution in [0, 0.1) is 29.6 Å². The van der Waals surface area contributed by atoms with Crippen LogP contribution in [0.4, 0.5) is 4.39 Å². The number of alkyl halides is 1. The predicted octanol–water partition coefficient (Wildman–Crippen LogP) is 5.20. The third kappa shape index (κ3) is 11.6. The van der Waals surface area contributed by atoms with Crippen LogP contribution in [0.2, 0.25) is 0 Å². The molecule has 0 radical (unpaired) electrons. The highest BCUT2D eigenvalue weighted by atomic mass is 19.1. The number of Topliss-reactive ketones (excluding diaryl/α,β-unsaturated/α-hetero) is 2. The number of nitrogens with one attached hydrogen (secondary N) is 1. The molecular formula is C46H73FN2O11. The normalized spacial score (nSPS) is 39.9. The van der Waals surface area contributed by atoms with Gasteiger partial charge in [-0.25, -0.2) is 9.18 Å². The van der Waals surface area contributed by atoms with Gasteiger partial charge in [-0.2, -0.15) is 0 Å². The van der Waals surface area contributed by atoms with Gasteiger partial charge in [0.2, 0.25) is 5.79 Å². The Morgan fingerprint density at radius 2 is 1.68 bits per heavy atom. The van der Waals surface area contributed by atoms with Crippen LogP contribution in [0.15, 0.2) is 36.0 Å². The molecule has 340 valence electrons. The molecule has 0 aromatic heterocycles. The summed E-state index contributed by atoms with van der Waals surface area (Å²) in [5, 5.41) is 27.2. The summed E-state index contributed by atoms with van der Waals surface area (Å²) in [6, 6.07) is -1.02. The first kappa shape index (κ1) is 49.8. The Kier molecular flexibility index (Phi) is 18.7. The van der Waals surface area contributed by atoms with Crippen molar-refractivity contribution in [3.8, 4) is 0 Å². The van der Waals surface area contributed by atoms with E-state index in [2.05, 4.69) is 11.9 Å². The van der Waals surface area contributed by atoms with Gasteiger partial charge in [0, 0.05) is 64.6 Å². The number of piperidine rings is 1. The van der Waals surface area contributed by atoms with E-state index in [1.165, 1.54) is 14.2 Å². The number of ketones is 2. The Balaban J connectivity index is 1.77. The number of carbonyl (C=O) groups is 4. The second-order valence-electron chi connectivity index (χ2n) is 17.9. The fraction of sp³-hybridized carbons (Fsp3) is 0.783. The van der Waals surface area contributed by atoms with Crippen LogP contribution < -0.4 is 5.32 Å². The van der Waals surface area contributed by atoms with Crippen molar-refractivity contribution in [1.82, 2.24) is 10.2 Å².